The van der Waals surface area contributed by atoms with Crippen molar-refractivity contribution in [2.24, 2.45) is 0 Å². The van der Waals surface area contributed by atoms with Gasteiger partial charge in [-0.15, -0.1) is 0 Å². The molecule has 0 saturated carbocycles. The van der Waals surface area contributed by atoms with Gasteiger partial charge >= 0.3 is 18.3 Å². The monoisotopic (exact) mass is 429 g/mol. The molecule has 0 radical (unpaired) electrons. The van der Waals surface area contributed by atoms with Crippen LogP contribution in [0.25, 0.3) is 0 Å². The van der Waals surface area contributed by atoms with Crippen molar-refractivity contribution >= 4 is 18.3 Å². The van der Waals surface area contributed by atoms with Crippen LogP contribution in [-0.4, -0.2) is 52.2 Å². The third-order valence-corrected chi connectivity index (χ3v) is 3.03. The lowest BCUT2D eigenvalue weighted by molar-refractivity contribution is -0.00341. The third kappa shape index (κ3) is 13.7. The van der Waals surface area contributed by atoms with Crippen LogP contribution in [0, 0.1) is 0 Å². The summed E-state index contributed by atoms with van der Waals surface area (Å²) in [5, 5.41) is 3.71. The van der Waals surface area contributed by atoms with Crippen molar-refractivity contribution in [3.63, 3.8) is 0 Å². The van der Waals surface area contributed by atoms with E-state index >= 15 is 0 Å². The van der Waals surface area contributed by atoms with E-state index < -0.39 is 41.1 Å². The fourth-order valence-corrected chi connectivity index (χ4v) is 1.98. The van der Waals surface area contributed by atoms with Crippen LogP contribution in [0.1, 0.15) is 76.2 Å². The van der Waals surface area contributed by atoms with Crippen LogP contribution < -0.4 is 10.7 Å². The van der Waals surface area contributed by atoms with E-state index in [9.17, 15) is 14.4 Å². The van der Waals surface area contributed by atoms with Crippen LogP contribution >= 0.6 is 0 Å². The lowest BCUT2D eigenvalue weighted by Crippen LogP contribution is -2.53. The molecule has 2 atom stereocenters. The Bertz CT molecular complexity index is 626. The molecule has 0 spiro atoms. The number of carbonyl (C=O) groups excluding carboxylic acids is 3. The van der Waals surface area contributed by atoms with Crippen LogP contribution in [0.15, 0.2) is 12.2 Å². The Morgan fingerprint density at radius 3 is 1.60 bits per heavy atom. The standard InChI is InChI=1S/C21H39N3O6/c1-14(22-16(25)28-19(3,4)5)12-13-15(2)24(18(27)30-21(9,10)11)23-17(26)29-20(6,7)8/h12-15H,1-11H3,(H,22,25)(H,23,26)/b13-12-/t14-,15+/m0/s1. The lowest BCUT2D eigenvalue weighted by atomic mass is 10.2. The fourth-order valence-electron chi connectivity index (χ4n) is 1.98. The number of amides is 3. The summed E-state index contributed by atoms with van der Waals surface area (Å²) in [6.07, 6.45) is 1.27. The first-order chi connectivity index (χ1) is 13.3. The summed E-state index contributed by atoms with van der Waals surface area (Å²) in [7, 11) is 0. The molecule has 9 heteroatoms. The molecule has 0 aromatic heterocycles. The van der Waals surface area contributed by atoms with Crippen LogP contribution in [0.4, 0.5) is 14.4 Å². The van der Waals surface area contributed by atoms with Crippen molar-refractivity contribution in [1.82, 2.24) is 15.8 Å². The van der Waals surface area contributed by atoms with E-state index in [1.807, 2.05) is 0 Å². The summed E-state index contributed by atoms with van der Waals surface area (Å²) in [6, 6.07) is -0.959. The van der Waals surface area contributed by atoms with Gasteiger partial charge in [-0.2, -0.15) is 0 Å². The molecule has 0 aliphatic carbocycles. The van der Waals surface area contributed by atoms with E-state index in [-0.39, 0.29) is 6.04 Å². The van der Waals surface area contributed by atoms with Gasteiger partial charge in [0.1, 0.15) is 16.8 Å². The highest BCUT2D eigenvalue weighted by molar-refractivity contribution is 5.75. The average Bonchev–Trinajstić information content (AvgIpc) is 2.44. The molecule has 0 rings (SSSR count). The number of rotatable bonds is 4. The molecule has 3 amide bonds. The van der Waals surface area contributed by atoms with E-state index in [0.29, 0.717) is 0 Å². The minimum atomic E-state index is -0.784. The van der Waals surface area contributed by atoms with Crippen LogP contribution in [-0.2, 0) is 14.2 Å². The highest BCUT2D eigenvalue weighted by Gasteiger charge is 2.28. The number of nitrogens with zero attached hydrogens (tertiary/aromatic N) is 1. The molecule has 0 heterocycles. The van der Waals surface area contributed by atoms with Crippen molar-refractivity contribution in [1.29, 1.82) is 0 Å². The molecule has 0 aromatic rings. The smallest absolute Gasteiger partial charge is 0.429 e. The van der Waals surface area contributed by atoms with E-state index in [1.165, 1.54) is 0 Å². The van der Waals surface area contributed by atoms with Crippen molar-refractivity contribution in [3.05, 3.63) is 12.2 Å². The second kappa shape index (κ2) is 10.5. The molecule has 0 aliphatic rings. The Labute approximate surface area is 180 Å². The molecule has 0 aliphatic heterocycles. The van der Waals surface area contributed by atoms with Gasteiger partial charge in [0.05, 0.1) is 6.04 Å². The highest BCUT2D eigenvalue weighted by atomic mass is 16.6. The summed E-state index contributed by atoms with van der Waals surface area (Å²) < 4.78 is 15.8. The minimum absolute atomic E-state index is 0.371. The van der Waals surface area contributed by atoms with Gasteiger partial charge in [0.15, 0.2) is 0 Å². The van der Waals surface area contributed by atoms with E-state index in [4.69, 9.17) is 14.2 Å². The summed E-state index contributed by atoms with van der Waals surface area (Å²) in [6.45, 7) is 19.1. The Hall–Kier alpha value is -2.45. The predicted molar refractivity (Wildman–Crippen MR) is 115 cm³/mol. The summed E-state index contributed by atoms with van der Waals surface area (Å²) in [5.41, 5.74) is 0.342. The van der Waals surface area contributed by atoms with Gasteiger partial charge in [-0.05, 0) is 76.2 Å². The average molecular weight is 430 g/mol. The quantitative estimate of drug-likeness (QED) is 0.387. The van der Waals surface area contributed by atoms with Crippen molar-refractivity contribution in [3.8, 4) is 0 Å². The molecular weight excluding hydrogens is 390 g/mol. The van der Waals surface area contributed by atoms with E-state index in [0.717, 1.165) is 5.01 Å². The zero-order valence-corrected chi connectivity index (χ0v) is 20.2. The maximum Gasteiger partial charge on any atom is 0.429 e. The van der Waals surface area contributed by atoms with Crippen LogP contribution in [0.3, 0.4) is 0 Å². The zero-order valence-electron chi connectivity index (χ0n) is 20.2. The maximum absolute atomic E-state index is 12.6. The second-order valence-electron chi connectivity index (χ2n) is 10.0. The van der Waals surface area contributed by atoms with Crippen molar-refractivity contribution < 1.29 is 28.6 Å². The van der Waals surface area contributed by atoms with E-state index in [2.05, 4.69) is 10.7 Å². The van der Waals surface area contributed by atoms with Crippen molar-refractivity contribution in [2.45, 2.75) is 105 Å². The SMILES string of the molecule is C[C@H](/C=C\[C@H](C)NC(=O)OC(C)(C)C)N(NC(=O)OC(C)(C)C)C(=O)OC(C)(C)C. The van der Waals surface area contributed by atoms with Gasteiger partial charge in [-0.1, -0.05) is 12.2 Å². The Morgan fingerprint density at radius 1 is 0.733 bits per heavy atom. The lowest BCUT2D eigenvalue weighted by Gasteiger charge is -2.31. The molecule has 0 fully saturated rings. The molecule has 9 nitrogen and oxygen atoms in total. The molecule has 174 valence electrons. The minimum Gasteiger partial charge on any atom is -0.444 e. The molecule has 2 N–H and O–H groups in total. The van der Waals surface area contributed by atoms with Gasteiger partial charge in [0, 0.05) is 6.04 Å². The molecule has 0 unspecified atom stereocenters. The molecule has 0 saturated heterocycles. The Balaban J connectivity index is 5.23. The number of nitrogens with one attached hydrogen (secondary N) is 2. The van der Waals surface area contributed by atoms with Gasteiger partial charge < -0.3 is 19.5 Å². The predicted octanol–water partition coefficient (Wildman–Crippen LogP) is 4.52. The van der Waals surface area contributed by atoms with Gasteiger partial charge in [0.2, 0.25) is 0 Å². The first-order valence-corrected chi connectivity index (χ1v) is 9.99. The number of hydrogen-bond acceptors (Lipinski definition) is 6. The van der Waals surface area contributed by atoms with Gasteiger partial charge in [0.25, 0.3) is 0 Å². The number of hydrazine groups is 1. The van der Waals surface area contributed by atoms with Crippen molar-refractivity contribution in [2.75, 3.05) is 0 Å². The summed E-state index contributed by atoms with van der Waals surface area (Å²) >= 11 is 0. The third-order valence-electron chi connectivity index (χ3n) is 3.03. The maximum atomic E-state index is 12.6. The second-order valence-corrected chi connectivity index (χ2v) is 10.0. The topological polar surface area (TPSA) is 106 Å². The first-order valence-electron chi connectivity index (χ1n) is 9.99. The Morgan fingerprint density at radius 2 is 1.17 bits per heavy atom. The molecular formula is C21H39N3O6. The fraction of sp³-hybridized carbons (Fsp3) is 0.762. The van der Waals surface area contributed by atoms with Gasteiger partial charge in [-0.3, -0.25) is 0 Å². The number of alkyl carbamates (subject to hydrolysis) is 1. The molecule has 30 heavy (non-hydrogen) atoms. The van der Waals surface area contributed by atoms with Gasteiger partial charge in [-0.25, -0.2) is 24.8 Å². The van der Waals surface area contributed by atoms with Crippen LogP contribution in [0.5, 0.6) is 0 Å². The number of hydrogen-bond donors (Lipinski definition) is 2. The van der Waals surface area contributed by atoms with Crippen LogP contribution in [0.2, 0.25) is 0 Å². The Kier molecular flexibility index (Phi) is 9.68. The normalized spacial score (nSPS) is 14.5. The largest absolute Gasteiger partial charge is 0.444 e. The molecule has 0 bridgehead atoms. The number of carbonyl (C=O) groups is 3. The summed E-state index contributed by atoms with van der Waals surface area (Å²) in [4.78, 5) is 36.6. The zero-order chi connectivity index (χ0) is 23.9. The highest BCUT2D eigenvalue weighted by Crippen LogP contribution is 2.13. The number of ether oxygens (including phenoxy) is 3. The summed E-state index contributed by atoms with van der Waals surface area (Å²) in [5.74, 6) is 0. The first kappa shape index (κ1) is 27.5. The van der Waals surface area contributed by atoms with E-state index in [1.54, 1.807) is 88.3 Å². The molecule has 0 aromatic carbocycles.